The summed E-state index contributed by atoms with van der Waals surface area (Å²) in [7, 11) is 0. The normalized spacial score (nSPS) is 21.3. The van der Waals surface area contributed by atoms with Crippen LogP contribution in [0.25, 0.3) is 0 Å². The predicted octanol–water partition coefficient (Wildman–Crippen LogP) is 3.55. The van der Waals surface area contributed by atoms with Gasteiger partial charge in [0.25, 0.3) is 0 Å². The Morgan fingerprint density at radius 3 is 2.39 bits per heavy atom. The van der Waals surface area contributed by atoms with Crippen LogP contribution in [0.3, 0.4) is 0 Å². The zero-order valence-corrected chi connectivity index (χ0v) is 14.7. The van der Waals surface area contributed by atoms with Gasteiger partial charge in [0.15, 0.2) is 0 Å². The summed E-state index contributed by atoms with van der Waals surface area (Å²) in [4.78, 5) is 26.1. The van der Waals surface area contributed by atoms with E-state index in [1.54, 1.807) is 32.5 Å². The second kappa shape index (κ2) is 6.83. The largest absolute Gasteiger partial charge is 0.480 e. The monoisotopic (exact) mass is 337 g/mol. The number of aryl methyl sites for hydroxylation is 1. The quantitative estimate of drug-likeness (QED) is 0.913. The third-order valence-corrected chi connectivity index (χ3v) is 4.72. The van der Waals surface area contributed by atoms with E-state index in [1.807, 2.05) is 31.2 Å². The fourth-order valence-corrected chi connectivity index (χ4v) is 3.64. The molecule has 126 valence electrons. The summed E-state index contributed by atoms with van der Waals surface area (Å²) in [5, 5.41) is 9.44. The molecule has 0 radical (unpaired) electrons. The third-order valence-electron chi connectivity index (χ3n) is 3.50. The van der Waals surface area contributed by atoms with Gasteiger partial charge in [0.1, 0.15) is 11.6 Å². The minimum Gasteiger partial charge on any atom is -0.480 e. The number of carboxylic acids is 1. The summed E-state index contributed by atoms with van der Waals surface area (Å²) < 4.78 is 5.33. The Kier molecular flexibility index (Phi) is 5.24. The molecule has 1 heterocycles. The Hall–Kier alpha value is -1.69. The van der Waals surface area contributed by atoms with E-state index in [4.69, 9.17) is 4.74 Å². The molecular formula is C17H23NO4S. The smallest absolute Gasteiger partial charge is 0.411 e. The van der Waals surface area contributed by atoms with Crippen LogP contribution in [-0.4, -0.2) is 45.5 Å². The number of nitrogens with zero attached hydrogens (tertiary/aromatic N) is 1. The maximum atomic E-state index is 12.2. The first-order chi connectivity index (χ1) is 10.7. The Morgan fingerprint density at radius 1 is 1.26 bits per heavy atom. The molecule has 5 nitrogen and oxygen atoms in total. The first-order valence-corrected chi connectivity index (χ1v) is 8.49. The molecule has 23 heavy (non-hydrogen) atoms. The van der Waals surface area contributed by atoms with Crippen molar-refractivity contribution in [3.8, 4) is 0 Å². The van der Waals surface area contributed by atoms with Crippen molar-refractivity contribution in [3.63, 3.8) is 0 Å². The van der Waals surface area contributed by atoms with Gasteiger partial charge in [0.2, 0.25) is 0 Å². The van der Waals surface area contributed by atoms with E-state index in [-0.39, 0.29) is 5.25 Å². The molecule has 2 atom stereocenters. The van der Waals surface area contributed by atoms with Gasteiger partial charge in [-0.3, -0.25) is 4.90 Å². The molecule has 1 amide bonds. The van der Waals surface area contributed by atoms with E-state index < -0.39 is 23.7 Å². The molecule has 1 unspecified atom stereocenters. The standard InChI is InChI=1S/C17H23NO4S/c1-11-5-7-12(8-6-11)23-13-9-14(15(19)20)18(10-13)16(21)22-17(2,3)4/h5-8,13-14H,9-10H2,1-4H3,(H,19,20)/t13?,14-/m1/s1. The van der Waals surface area contributed by atoms with E-state index in [9.17, 15) is 14.7 Å². The minimum absolute atomic E-state index is 0.0475. The van der Waals surface area contributed by atoms with Gasteiger partial charge in [-0.2, -0.15) is 0 Å². The Labute approximate surface area is 141 Å². The molecule has 0 saturated carbocycles. The number of carbonyl (C=O) groups is 2. The van der Waals surface area contributed by atoms with Crippen LogP contribution in [-0.2, 0) is 9.53 Å². The van der Waals surface area contributed by atoms with Crippen LogP contribution in [0.15, 0.2) is 29.2 Å². The highest BCUT2D eigenvalue weighted by molar-refractivity contribution is 8.00. The topological polar surface area (TPSA) is 66.8 Å². The highest BCUT2D eigenvalue weighted by Gasteiger charge is 2.41. The van der Waals surface area contributed by atoms with Crippen LogP contribution < -0.4 is 0 Å². The van der Waals surface area contributed by atoms with Crippen LogP contribution >= 0.6 is 11.8 Å². The summed E-state index contributed by atoms with van der Waals surface area (Å²) in [6.45, 7) is 7.72. The number of ether oxygens (including phenoxy) is 1. The van der Waals surface area contributed by atoms with Gasteiger partial charge >= 0.3 is 12.1 Å². The zero-order chi connectivity index (χ0) is 17.2. The van der Waals surface area contributed by atoms with Gasteiger partial charge < -0.3 is 9.84 Å². The number of carbonyl (C=O) groups excluding carboxylic acids is 1. The molecule has 0 aromatic heterocycles. The van der Waals surface area contributed by atoms with Crippen molar-refractivity contribution < 1.29 is 19.4 Å². The number of thioether (sulfide) groups is 1. The summed E-state index contributed by atoms with van der Waals surface area (Å²) in [6.07, 6.45) is -0.135. The molecule has 0 spiro atoms. The lowest BCUT2D eigenvalue weighted by Gasteiger charge is -2.26. The SMILES string of the molecule is Cc1ccc(SC2C[C@H](C(=O)O)N(C(=O)OC(C)(C)C)C2)cc1. The summed E-state index contributed by atoms with van der Waals surface area (Å²) in [5.74, 6) is -0.983. The van der Waals surface area contributed by atoms with Crippen LogP contribution in [0.4, 0.5) is 4.79 Å². The highest BCUT2D eigenvalue weighted by atomic mass is 32.2. The highest BCUT2D eigenvalue weighted by Crippen LogP contribution is 2.33. The maximum absolute atomic E-state index is 12.2. The molecular weight excluding hydrogens is 314 g/mol. The predicted molar refractivity (Wildman–Crippen MR) is 89.8 cm³/mol. The lowest BCUT2D eigenvalue weighted by molar-refractivity contribution is -0.142. The molecule has 1 N–H and O–H groups in total. The van der Waals surface area contributed by atoms with E-state index in [1.165, 1.54) is 10.5 Å². The number of carboxylic acid groups (broad SMARTS) is 1. The van der Waals surface area contributed by atoms with Crippen molar-refractivity contribution in [2.75, 3.05) is 6.54 Å². The fourth-order valence-electron chi connectivity index (χ4n) is 2.45. The minimum atomic E-state index is -0.983. The van der Waals surface area contributed by atoms with Crippen molar-refractivity contribution in [2.45, 2.75) is 55.9 Å². The van der Waals surface area contributed by atoms with Gasteiger partial charge in [-0.15, -0.1) is 11.8 Å². The molecule has 0 bridgehead atoms. The van der Waals surface area contributed by atoms with Crippen molar-refractivity contribution in [3.05, 3.63) is 29.8 Å². The molecule has 2 rings (SSSR count). The second-order valence-corrected chi connectivity index (χ2v) is 8.15. The molecule has 1 aliphatic heterocycles. The van der Waals surface area contributed by atoms with Crippen LogP contribution in [0, 0.1) is 6.92 Å². The number of hydrogen-bond donors (Lipinski definition) is 1. The van der Waals surface area contributed by atoms with Crippen LogP contribution in [0.5, 0.6) is 0 Å². The van der Waals surface area contributed by atoms with E-state index in [2.05, 4.69) is 0 Å². The lowest BCUT2D eigenvalue weighted by Crippen LogP contribution is -2.43. The molecule has 0 aliphatic carbocycles. The van der Waals surface area contributed by atoms with Gasteiger partial charge in [0.05, 0.1) is 0 Å². The van der Waals surface area contributed by atoms with Crippen molar-refractivity contribution in [2.24, 2.45) is 0 Å². The number of benzene rings is 1. The van der Waals surface area contributed by atoms with E-state index in [0.29, 0.717) is 13.0 Å². The fraction of sp³-hybridized carbons (Fsp3) is 0.529. The first-order valence-electron chi connectivity index (χ1n) is 7.61. The van der Waals surface area contributed by atoms with Gasteiger partial charge in [-0.05, 0) is 46.2 Å². The van der Waals surface area contributed by atoms with Crippen LogP contribution in [0.1, 0.15) is 32.8 Å². The first kappa shape index (κ1) is 17.7. The van der Waals surface area contributed by atoms with Crippen LogP contribution in [0.2, 0.25) is 0 Å². The maximum Gasteiger partial charge on any atom is 0.411 e. The van der Waals surface area contributed by atoms with Crippen molar-refractivity contribution in [1.82, 2.24) is 4.90 Å². The molecule has 1 saturated heterocycles. The summed E-state index contributed by atoms with van der Waals surface area (Å²) in [5.41, 5.74) is 0.544. The zero-order valence-electron chi connectivity index (χ0n) is 13.9. The van der Waals surface area contributed by atoms with Gasteiger partial charge in [-0.1, -0.05) is 17.7 Å². The van der Waals surface area contributed by atoms with Crippen molar-refractivity contribution >= 4 is 23.8 Å². The average Bonchev–Trinajstić information content (AvgIpc) is 2.84. The molecule has 6 heteroatoms. The molecule has 1 aromatic rings. The Balaban J connectivity index is 2.06. The molecule has 1 aromatic carbocycles. The Bertz CT molecular complexity index is 579. The second-order valence-electron chi connectivity index (χ2n) is 6.78. The number of amides is 1. The molecule has 1 aliphatic rings. The van der Waals surface area contributed by atoms with Crippen molar-refractivity contribution in [1.29, 1.82) is 0 Å². The van der Waals surface area contributed by atoms with Gasteiger partial charge in [-0.25, -0.2) is 9.59 Å². The number of aliphatic carboxylic acids is 1. The van der Waals surface area contributed by atoms with Gasteiger partial charge in [0, 0.05) is 16.7 Å². The number of likely N-dealkylation sites (tertiary alicyclic amines) is 1. The molecule has 1 fully saturated rings. The van der Waals surface area contributed by atoms with E-state index in [0.717, 1.165) is 4.90 Å². The van der Waals surface area contributed by atoms with E-state index >= 15 is 0 Å². The summed E-state index contributed by atoms with van der Waals surface area (Å²) >= 11 is 1.61. The number of hydrogen-bond acceptors (Lipinski definition) is 4. The lowest BCUT2D eigenvalue weighted by atomic mass is 10.2. The number of rotatable bonds is 3. The Morgan fingerprint density at radius 2 is 1.87 bits per heavy atom. The summed E-state index contributed by atoms with van der Waals surface area (Å²) in [6, 6.07) is 7.26. The average molecular weight is 337 g/mol. The third kappa shape index (κ3) is 4.89.